The zero-order chi connectivity index (χ0) is 42.0. The molecular formula is C48H63F2N5O. The predicted molar refractivity (Wildman–Crippen MR) is 235 cm³/mol. The highest BCUT2D eigenvalue weighted by atomic mass is 19.1. The fourth-order valence-corrected chi connectivity index (χ4v) is 5.97. The van der Waals surface area contributed by atoms with Crippen LogP contribution in [0.2, 0.25) is 0 Å². The van der Waals surface area contributed by atoms with Crippen molar-refractivity contribution in [3.05, 3.63) is 124 Å². The molecule has 300 valence electrons. The second-order valence-corrected chi connectivity index (χ2v) is 13.6. The highest BCUT2D eigenvalue weighted by Crippen LogP contribution is 2.46. The van der Waals surface area contributed by atoms with E-state index >= 15 is 4.39 Å². The normalized spacial score (nSPS) is 13.7. The molecule has 1 fully saturated rings. The van der Waals surface area contributed by atoms with E-state index in [2.05, 4.69) is 79.8 Å². The first kappa shape index (κ1) is 46.9. The van der Waals surface area contributed by atoms with Crippen molar-refractivity contribution < 1.29 is 13.5 Å². The van der Waals surface area contributed by atoms with Gasteiger partial charge < -0.3 is 21.1 Å². The van der Waals surface area contributed by atoms with Gasteiger partial charge in [-0.05, 0) is 80.7 Å². The molecule has 0 spiro atoms. The number of aliphatic imine (C=N–C) groups is 1. The van der Waals surface area contributed by atoms with E-state index in [1.807, 2.05) is 85.1 Å². The van der Waals surface area contributed by atoms with E-state index in [0.29, 0.717) is 48.3 Å². The van der Waals surface area contributed by atoms with Crippen molar-refractivity contribution in [3.8, 4) is 29.9 Å². The van der Waals surface area contributed by atoms with Gasteiger partial charge in [-0.15, -0.1) is 18.6 Å². The van der Waals surface area contributed by atoms with Crippen molar-refractivity contribution >= 4 is 17.6 Å². The Morgan fingerprint density at radius 1 is 1.05 bits per heavy atom. The third kappa shape index (κ3) is 11.9. The van der Waals surface area contributed by atoms with Crippen LogP contribution in [-0.2, 0) is 11.8 Å². The molecule has 1 aliphatic carbocycles. The van der Waals surface area contributed by atoms with E-state index < -0.39 is 11.6 Å². The minimum Gasteiger partial charge on any atom is -0.490 e. The zero-order valence-corrected chi connectivity index (χ0v) is 35.2. The van der Waals surface area contributed by atoms with Crippen LogP contribution >= 0.6 is 0 Å². The van der Waals surface area contributed by atoms with Crippen LogP contribution < -0.4 is 21.1 Å². The topological polar surface area (TPSA) is 84.6 Å². The summed E-state index contributed by atoms with van der Waals surface area (Å²) in [6.45, 7) is 24.1. The number of rotatable bonds is 11. The van der Waals surface area contributed by atoms with Crippen molar-refractivity contribution in [2.75, 3.05) is 32.5 Å². The van der Waals surface area contributed by atoms with Gasteiger partial charge in [0.15, 0.2) is 0 Å². The van der Waals surface area contributed by atoms with E-state index in [9.17, 15) is 4.39 Å². The second kappa shape index (κ2) is 23.0. The maximum Gasteiger partial charge on any atom is 0.149 e. The maximum absolute atomic E-state index is 15.5. The highest BCUT2D eigenvalue weighted by Gasteiger charge is 2.37. The predicted octanol–water partition coefficient (Wildman–Crippen LogP) is 10.8. The van der Waals surface area contributed by atoms with E-state index in [1.165, 1.54) is 0 Å². The highest BCUT2D eigenvalue weighted by molar-refractivity contribution is 5.90. The van der Waals surface area contributed by atoms with E-state index in [0.717, 1.165) is 64.7 Å². The summed E-state index contributed by atoms with van der Waals surface area (Å²) in [7, 11) is 1.93. The largest absolute Gasteiger partial charge is 0.490 e. The van der Waals surface area contributed by atoms with Crippen LogP contribution in [0.4, 0.5) is 14.5 Å². The Morgan fingerprint density at radius 3 is 2.27 bits per heavy atom. The molecular weight excluding hydrogens is 701 g/mol. The molecule has 1 aliphatic heterocycles. The standard InChI is InChI=1S/C39H40F2N4O.C3H9N.2C2H6.C2H2/c1-6-24-17-29(33(41)19-32(24)40)37-38-31(39(4,5)22-46-38)18-35(45-37)30(25-11-9-8-10-12-25)21-44-34(7-2)26-15-23(3)36(42)27(16-26)20-43-28-13-14-28;1-3-4-2;3*1-2/h8-12,15-20,28,30,44H,2,6,13-14,21-22,42H2,1,3-5H3;4H,3H2,1-2H3;2*1-2H3;1-2H. The molecule has 8 heteroatoms. The number of hydrogen-bond donors (Lipinski definition) is 3. The lowest BCUT2D eigenvalue weighted by Gasteiger charge is -2.23. The number of benzene rings is 3. The molecule has 2 aliphatic rings. The molecule has 1 saturated carbocycles. The summed E-state index contributed by atoms with van der Waals surface area (Å²) in [5.74, 6) is -0.913. The minimum atomic E-state index is -0.666. The molecule has 1 aromatic heterocycles. The van der Waals surface area contributed by atoms with Crippen molar-refractivity contribution in [1.82, 2.24) is 15.6 Å². The SMILES string of the molecule is C#C.C=C=C(NCC(c1ccccc1)c1cc2c(c(-c3cc(CC)c(F)cc3F)n1)OCC2(C)C)c1cc(C)c(N)c(C=NC2CC2)c1.CC.CC.CCNC. The van der Waals surface area contributed by atoms with Crippen LogP contribution in [0.5, 0.6) is 5.75 Å². The lowest BCUT2D eigenvalue weighted by Crippen LogP contribution is -2.23. The average Bonchev–Trinajstić information content (AvgIpc) is 4.01. The number of nitrogens with zero attached hydrogens (tertiary/aromatic N) is 2. The van der Waals surface area contributed by atoms with E-state index in [-0.39, 0.29) is 16.9 Å². The molecule has 0 bridgehead atoms. The third-order valence-electron chi connectivity index (χ3n) is 9.32. The summed E-state index contributed by atoms with van der Waals surface area (Å²) in [6.07, 6.45) is 12.5. The summed E-state index contributed by atoms with van der Waals surface area (Å²) in [5.41, 5.74) is 17.1. The number of pyridine rings is 1. The fraction of sp³-hybridized carbons (Fsp3) is 0.396. The minimum absolute atomic E-state index is 0.232. The monoisotopic (exact) mass is 764 g/mol. The van der Waals surface area contributed by atoms with Crippen molar-refractivity contribution in [2.45, 2.75) is 99.0 Å². The zero-order valence-electron chi connectivity index (χ0n) is 35.2. The quantitative estimate of drug-likeness (QED) is 0.0613. The van der Waals surface area contributed by atoms with Gasteiger partial charge in [-0.25, -0.2) is 13.8 Å². The number of fused-ring (bicyclic) bond motifs is 1. The molecule has 4 aromatic rings. The molecule has 3 aromatic carbocycles. The van der Waals surface area contributed by atoms with E-state index in [1.54, 1.807) is 6.07 Å². The first-order valence-corrected chi connectivity index (χ1v) is 19.8. The Hall–Kier alpha value is -5.22. The number of nitrogen functional groups attached to an aromatic ring is 1. The van der Waals surface area contributed by atoms with Crippen molar-refractivity contribution in [1.29, 1.82) is 0 Å². The smallest absolute Gasteiger partial charge is 0.149 e. The lowest BCUT2D eigenvalue weighted by molar-refractivity contribution is 0.291. The fourth-order valence-electron chi connectivity index (χ4n) is 5.97. The molecule has 6 rings (SSSR count). The van der Waals surface area contributed by atoms with Gasteiger partial charge in [0.05, 0.1) is 24.0 Å². The summed E-state index contributed by atoms with van der Waals surface area (Å²) in [4.78, 5) is 9.73. The van der Waals surface area contributed by atoms with Crippen LogP contribution in [0, 0.1) is 31.4 Å². The number of nitrogens with two attached hydrogens (primary N) is 1. The van der Waals surface area contributed by atoms with Gasteiger partial charge in [-0.3, -0.25) is 4.99 Å². The van der Waals surface area contributed by atoms with Crippen LogP contribution in [0.25, 0.3) is 17.0 Å². The van der Waals surface area contributed by atoms with Gasteiger partial charge in [-0.2, -0.15) is 0 Å². The third-order valence-corrected chi connectivity index (χ3v) is 9.32. The first-order chi connectivity index (χ1) is 27.0. The summed E-state index contributed by atoms with van der Waals surface area (Å²) < 4.78 is 36.2. The number of ether oxygens (including phenoxy) is 1. The Kier molecular flexibility index (Phi) is 19.3. The van der Waals surface area contributed by atoms with Gasteiger partial charge in [0, 0.05) is 58.1 Å². The van der Waals surface area contributed by atoms with Crippen molar-refractivity contribution in [2.24, 2.45) is 4.99 Å². The maximum atomic E-state index is 15.5. The number of halogens is 2. The molecule has 4 N–H and O–H groups in total. The Labute approximate surface area is 335 Å². The van der Waals surface area contributed by atoms with Gasteiger partial charge in [0.2, 0.25) is 0 Å². The van der Waals surface area contributed by atoms with Crippen LogP contribution in [0.15, 0.2) is 78.0 Å². The molecule has 0 radical (unpaired) electrons. The lowest BCUT2D eigenvalue weighted by atomic mass is 9.84. The Morgan fingerprint density at radius 2 is 1.70 bits per heavy atom. The molecule has 0 amide bonds. The summed E-state index contributed by atoms with van der Waals surface area (Å²) in [5, 5.41) is 6.51. The molecule has 6 nitrogen and oxygen atoms in total. The number of terminal acetylenes is 1. The number of aromatic nitrogens is 1. The molecule has 1 atom stereocenters. The molecule has 0 saturated heterocycles. The van der Waals surface area contributed by atoms with E-state index in [4.69, 9.17) is 15.5 Å². The van der Waals surface area contributed by atoms with Crippen LogP contribution in [0.3, 0.4) is 0 Å². The Bertz CT molecular complexity index is 1960. The Balaban J connectivity index is 0.000000991. The number of anilines is 1. The summed E-state index contributed by atoms with van der Waals surface area (Å²) >= 11 is 0. The first-order valence-electron chi connectivity index (χ1n) is 19.8. The summed E-state index contributed by atoms with van der Waals surface area (Å²) in [6, 6.07) is 19.1. The van der Waals surface area contributed by atoms with Crippen LogP contribution in [0.1, 0.15) is 113 Å². The van der Waals surface area contributed by atoms with Gasteiger partial charge in [-0.1, -0.05) is 92.3 Å². The van der Waals surface area contributed by atoms with Gasteiger partial charge >= 0.3 is 0 Å². The van der Waals surface area contributed by atoms with Crippen LogP contribution in [-0.4, -0.2) is 44.0 Å². The second-order valence-electron chi connectivity index (χ2n) is 13.6. The number of aryl methyl sites for hydroxylation is 2. The van der Waals surface area contributed by atoms with Crippen molar-refractivity contribution in [3.63, 3.8) is 0 Å². The average molecular weight is 764 g/mol. The van der Waals surface area contributed by atoms with Gasteiger partial charge in [0.25, 0.3) is 0 Å². The molecule has 56 heavy (non-hydrogen) atoms. The molecule has 1 unspecified atom stereocenters. The number of nitrogens with one attached hydrogen (secondary N) is 2. The van der Waals surface area contributed by atoms with Gasteiger partial charge in [0.1, 0.15) is 23.1 Å². The molecule has 2 heterocycles. The number of hydrogen-bond acceptors (Lipinski definition) is 6.